The first-order valence-corrected chi connectivity index (χ1v) is 6.36. The minimum absolute atomic E-state index is 0.212. The summed E-state index contributed by atoms with van der Waals surface area (Å²) in [5.41, 5.74) is 6.75. The van der Waals surface area contributed by atoms with Crippen LogP contribution in [0.4, 0.5) is 0 Å². The molecule has 1 atom stereocenters. The highest BCUT2D eigenvalue weighted by Crippen LogP contribution is 2.26. The maximum Gasteiger partial charge on any atom is 0.243 e. The summed E-state index contributed by atoms with van der Waals surface area (Å²) < 4.78 is 10.9. The molecule has 0 aliphatic heterocycles. The number of nitrogens with zero attached hydrogens (tertiary/aromatic N) is 2. The molecule has 3 rings (SSSR count). The Morgan fingerprint density at radius 2 is 2.16 bits per heavy atom. The van der Waals surface area contributed by atoms with Gasteiger partial charge >= 0.3 is 0 Å². The molecule has 1 aromatic carbocycles. The van der Waals surface area contributed by atoms with E-state index in [0.717, 1.165) is 23.8 Å². The Labute approximate surface area is 110 Å². The second-order valence-electron chi connectivity index (χ2n) is 4.50. The minimum atomic E-state index is -0.212. The van der Waals surface area contributed by atoms with Crippen LogP contribution in [0.25, 0.3) is 22.6 Å². The monoisotopic (exact) mass is 257 g/mol. The molecule has 5 nitrogen and oxygen atoms in total. The summed E-state index contributed by atoms with van der Waals surface area (Å²) in [6.07, 6.45) is 1.80. The summed E-state index contributed by atoms with van der Waals surface area (Å²) >= 11 is 0. The Balaban J connectivity index is 1.93. The molecule has 0 spiro atoms. The summed E-state index contributed by atoms with van der Waals surface area (Å²) in [5.74, 6) is 1.50. The van der Waals surface area contributed by atoms with Gasteiger partial charge in [-0.05, 0) is 18.6 Å². The first-order chi connectivity index (χ1) is 9.28. The SMILES string of the molecule is CCC[C@H](N)c1nc(-c2cc3ccccc3o2)no1. The molecule has 0 amide bonds. The smallest absolute Gasteiger partial charge is 0.243 e. The molecule has 2 N–H and O–H groups in total. The van der Waals surface area contributed by atoms with Crippen molar-refractivity contribution < 1.29 is 8.94 Å². The zero-order chi connectivity index (χ0) is 13.2. The van der Waals surface area contributed by atoms with Gasteiger partial charge in [0.2, 0.25) is 11.7 Å². The number of rotatable bonds is 4. The Hall–Kier alpha value is -2.14. The van der Waals surface area contributed by atoms with Gasteiger partial charge in [-0.3, -0.25) is 0 Å². The largest absolute Gasteiger partial charge is 0.453 e. The molecule has 0 saturated heterocycles. The molecule has 2 aromatic heterocycles. The summed E-state index contributed by atoms with van der Waals surface area (Å²) in [4.78, 5) is 4.30. The molecule has 0 aliphatic rings. The quantitative estimate of drug-likeness (QED) is 0.776. The highest BCUT2D eigenvalue weighted by Gasteiger charge is 2.17. The van der Waals surface area contributed by atoms with Gasteiger partial charge in [0.15, 0.2) is 5.76 Å². The van der Waals surface area contributed by atoms with Crippen LogP contribution in [0.1, 0.15) is 31.7 Å². The third-order valence-corrected chi connectivity index (χ3v) is 3.00. The number of furan rings is 1. The second kappa shape index (κ2) is 4.85. The number of para-hydroxylation sites is 1. The van der Waals surface area contributed by atoms with Crippen LogP contribution in [0.5, 0.6) is 0 Å². The van der Waals surface area contributed by atoms with Crippen molar-refractivity contribution in [3.05, 3.63) is 36.2 Å². The van der Waals surface area contributed by atoms with Crippen LogP contribution >= 0.6 is 0 Å². The number of nitrogens with two attached hydrogens (primary N) is 1. The molecule has 0 bridgehead atoms. The van der Waals surface area contributed by atoms with Gasteiger partial charge in [0.1, 0.15) is 5.58 Å². The summed E-state index contributed by atoms with van der Waals surface area (Å²) in [5, 5.41) is 4.94. The van der Waals surface area contributed by atoms with Gasteiger partial charge < -0.3 is 14.7 Å². The Morgan fingerprint density at radius 1 is 1.32 bits per heavy atom. The number of hydrogen-bond donors (Lipinski definition) is 1. The molecular formula is C14H15N3O2. The first-order valence-electron chi connectivity index (χ1n) is 6.36. The van der Waals surface area contributed by atoms with E-state index in [2.05, 4.69) is 17.1 Å². The van der Waals surface area contributed by atoms with E-state index >= 15 is 0 Å². The molecule has 3 aromatic rings. The van der Waals surface area contributed by atoms with Gasteiger partial charge in [-0.1, -0.05) is 36.7 Å². The highest BCUT2D eigenvalue weighted by molar-refractivity contribution is 5.81. The lowest BCUT2D eigenvalue weighted by atomic mass is 10.2. The van der Waals surface area contributed by atoms with E-state index in [1.807, 2.05) is 30.3 Å². The van der Waals surface area contributed by atoms with Gasteiger partial charge in [0.05, 0.1) is 6.04 Å². The summed E-state index contributed by atoms with van der Waals surface area (Å²) in [7, 11) is 0. The van der Waals surface area contributed by atoms with Gasteiger partial charge in [-0.15, -0.1) is 0 Å². The topological polar surface area (TPSA) is 78.1 Å². The maximum absolute atomic E-state index is 5.95. The lowest BCUT2D eigenvalue weighted by Crippen LogP contribution is -2.09. The van der Waals surface area contributed by atoms with Crippen LogP contribution in [-0.4, -0.2) is 10.1 Å². The molecule has 0 unspecified atom stereocenters. The predicted octanol–water partition coefficient (Wildman–Crippen LogP) is 3.28. The van der Waals surface area contributed by atoms with Crippen molar-refractivity contribution in [3.63, 3.8) is 0 Å². The number of hydrogen-bond acceptors (Lipinski definition) is 5. The molecule has 0 aliphatic carbocycles. The summed E-state index contributed by atoms with van der Waals surface area (Å²) in [6.45, 7) is 2.07. The van der Waals surface area contributed by atoms with Crippen LogP contribution < -0.4 is 5.73 Å². The van der Waals surface area contributed by atoms with Gasteiger partial charge in [-0.2, -0.15) is 4.98 Å². The van der Waals surface area contributed by atoms with E-state index in [-0.39, 0.29) is 6.04 Å². The standard InChI is InChI=1S/C14H15N3O2/c1-2-5-10(15)14-16-13(17-19-14)12-8-9-6-3-4-7-11(9)18-12/h3-4,6-8,10H,2,5,15H2,1H3/t10-/m0/s1. The van der Waals surface area contributed by atoms with Crippen molar-refractivity contribution in [1.29, 1.82) is 0 Å². The van der Waals surface area contributed by atoms with Crippen molar-refractivity contribution in [2.75, 3.05) is 0 Å². The van der Waals surface area contributed by atoms with Crippen LogP contribution in [-0.2, 0) is 0 Å². The lowest BCUT2D eigenvalue weighted by Gasteiger charge is -2.01. The molecule has 0 radical (unpaired) electrons. The number of benzene rings is 1. The Bertz CT molecular complexity index is 654. The van der Waals surface area contributed by atoms with Crippen molar-refractivity contribution >= 4 is 11.0 Å². The average Bonchev–Trinajstić information content (AvgIpc) is 3.05. The fourth-order valence-corrected chi connectivity index (χ4v) is 2.01. The molecule has 2 heterocycles. The minimum Gasteiger partial charge on any atom is -0.453 e. The molecular weight excluding hydrogens is 242 g/mol. The average molecular weight is 257 g/mol. The van der Waals surface area contributed by atoms with Gasteiger partial charge in [0, 0.05) is 5.39 Å². The van der Waals surface area contributed by atoms with Crippen molar-refractivity contribution in [3.8, 4) is 11.6 Å². The molecule has 19 heavy (non-hydrogen) atoms. The fraction of sp³-hybridized carbons (Fsp3) is 0.286. The normalized spacial score (nSPS) is 12.9. The molecule has 5 heteroatoms. The Kier molecular flexibility index (Phi) is 3.05. The van der Waals surface area contributed by atoms with Crippen molar-refractivity contribution in [2.24, 2.45) is 5.73 Å². The predicted molar refractivity (Wildman–Crippen MR) is 71.3 cm³/mol. The Morgan fingerprint density at radius 3 is 2.95 bits per heavy atom. The highest BCUT2D eigenvalue weighted by atomic mass is 16.5. The van der Waals surface area contributed by atoms with E-state index in [1.165, 1.54) is 0 Å². The zero-order valence-corrected chi connectivity index (χ0v) is 10.7. The van der Waals surface area contributed by atoms with E-state index in [0.29, 0.717) is 17.5 Å². The number of fused-ring (bicyclic) bond motifs is 1. The molecule has 0 fully saturated rings. The van der Waals surface area contributed by atoms with E-state index in [4.69, 9.17) is 14.7 Å². The van der Waals surface area contributed by atoms with Crippen molar-refractivity contribution in [2.45, 2.75) is 25.8 Å². The molecule has 0 saturated carbocycles. The summed E-state index contributed by atoms with van der Waals surface area (Å²) in [6, 6.07) is 9.45. The third kappa shape index (κ3) is 2.24. The van der Waals surface area contributed by atoms with Crippen molar-refractivity contribution in [1.82, 2.24) is 10.1 Å². The molecule has 98 valence electrons. The van der Waals surface area contributed by atoms with Gasteiger partial charge in [0.25, 0.3) is 0 Å². The van der Waals surface area contributed by atoms with E-state index in [1.54, 1.807) is 0 Å². The van der Waals surface area contributed by atoms with E-state index in [9.17, 15) is 0 Å². The fourth-order valence-electron chi connectivity index (χ4n) is 2.01. The zero-order valence-electron chi connectivity index (χ0n) is 10.7. The van der Waals surface area contributed by atoms with E-state index < -0.39 is 0 Å². The second-order valence-corrected chi connectivity index (χ2v) is 4.50. The third-order valence-electron chi connectivity index (χ3n) is 3.00. The van der Waals surface area contributed by atoms with Crippen LogP contribution in [0.15, 0.2) is 39.3 Å². The van der Waals surface area contributed by atoms with Crippen LogP contribution in [0.3, 0.4) is 0 Å². The van der Waals surface area contributed by atoms with Crippen LogP contribution in [0, 0.1) is 0 Å². The van der Waals surface area contributed by atoms with Crippen LogP contribution in [0.2, 0.25) is 0 Å². The lowest BCUT2D eigenvalue weighted by molar-refractivity contribution is 0.347. The number of aromatic nitrogens is 2. The van der Waals surface area contributed by atoms with Gasteiger partial charge in [-0.25, -0.2) is 0 Å². The first kappa shape index (κ1) is 11.9. The maximum atomic E-state index is 5.95.